The number of hydrogen-bond acceptors (Lipinski definition) is 5. The Kier molecular flexibility index (Phi) is 4.25. The number of imidazole rings is 1. The minimum atomic E-state index is 0.0509. The number of nitrogens with zero attached hydrogens (tertiary/aromatic N) is 5. The van der Waals surface area contributed by atoms with E-state index in [-0.39, 0.29) is 5.37 Å². The Hall–Kier alpha value is -1.03. The molecule has 21 heavy (non-hydrogen) atoms. The van der Waals surface area contributed by atoms with Gasteiger partial charge >= 0.3 is 0 Å². The first kappa shape index (κ1) is 14.9. The highest BCUT2D eigenvalue weighted by atomic mass is 127. The summed E-state index contributed by atoms with van der Waals surface area (Å²) in [4.78, 5) is 9.30. The van der Waals surface area contributed by atoms with Gasteiger partial charge in [0.25, 0.3) is 0 Å². The first-order chi connectivity index (χ1) is 10.2. The zero-order chi connectivity index (χ0) is 15.0. The first-order valence-corrected chi connectivity index (χ1v) is 10.3. The topological polar surface area (TPSA) is 60.0 Å². The van der Waals surface area contributed by atoms with E-state index < -0.39 is 0 Å². The summed E-state index contributed by atoms with van der Waals surface area (Å²) in [6.45, 7) is 8.04. The van der Waals surface area contributed by atoms with Crippen molar-refractivity contribution in [1.82, 2.24) is 19.3 Å². The van der Waals surface area contributed by atoms with Gasteiger partial charge in [-0.25, -0.2) is 4.98 Å². The molecule has 0 aromatic carbocycles. The van der Waals surface area contributed by atoms with E-state index in [1.165, 1.54) is 0 Å². The fourth-order valence-corrected chi connectivity index (χ4v) is 4.07. The number of aromatic nitrogens is 4. The fraction of sp³-hybridized carbons (Fsp3) is 0.462. The maximum absolute atomic E-state index is 4.86. The third kappa shape index (κ3) is 2.37. The quantitative estimate of drug-likeness (QED) is 0.774. The Labute approximate surface area is 140 Å². The second-order valence-electron chi connectivity index (χ2n) is 4.74. The minimum absolute atomic E-state index is 0.0509. The average Bonchev–Trinajstić information content (AvgIpc) is 3.06. The predicted molar refractivity (Wildman–Crippen MR) is 96.0 cm³/mol. The molecule has 0 radical (unpaired) electrons. The summed E-state index contributed by atoms with van der Waals surface area (Å²) < 4.78 is 4.20. The van der Waals surface area contributed by atoms with Crippen molar-refractivity contribution < 1.29 is 0 Å². The standard InChI is InChI=1S/C13H17IN6S/c1-4-19-11(9-6-17-20(5-2)8(9)3)18-10-12(19)15-7-16-13(10)21-14/h6-7,13H,4-5H2,1-3H3,(H,15,16)/t13-/m0/s1. The Morgan fingerprint density at radius 2 is 2.19 bits per heavy atom. The predicted octanol–water partition coefficient (Wildman–Crippen LogP) is 3.63. The Morgan fingerprint density at radius 1 is 1.38 bits per heavy atom. The molecule has 1 atom stereocenters. The SMILES string of the molecule is CCn1ncc(-c2nc3c(n2CC)NC=N[C@H]3SI)c1C. The third-order valence-electron chi connectivity index (χ3n) is 3.68. The molecule has 0 bridgehead atoms. The molecule has 0 spiro atoms. The normalized spacial score (nSPS) is 16.9. The van der Waals surface area contributed by atoms with Gasteiger partial charge in [-0.05, 0) is 42.0 Å². The summed E-state index contributed by atoms with van der Waals surface area (Å²) in [7, 11) is 1.67. The number of nitrogens with one attached hydrogen (secondary N) is 1. The van der Waals surface area contributed by atoms with Gasteiger partial charge in [-0.3, -0.25) is 9.67 Å². The van der Waals surface area contributed by atoms with Crippen LogP contribution in [-0.2, 0) is 13.1 Å². The fourth-order valence-electron chi connectivity index (χ4n) is 2.60. The highest BCUT2D eigenvalue weighted by Gasteiger charge is 2.27. The molecule has 1 N–H and O–H groups in total. The number of aliphatic imine (C=N–C) groups is 1. The zero-order valence-electron chi connectivity index (χ0n) is 12.2. The third-order valence-corrected chi connectivity index (χ3v) is 5.64. The summed E-state index contributed by atoms with van der Waals surface area (Å²) in [5.41, 5.74) is 3.23. The van der Waals surface area contributed by atoms with Gasteiger partial charge in [-0.1, -0.05) is 8.93 Å². The van der Waals surface area contributed by atoms with Crippen molar-refractivity contribution in [1.29, 1.82) is 0 Å². The molecule has 1 aliphatic heterocycles. The highest BCUT2D eigenvalue weighted by Crippen LogP contribution is 2.42. The van der Waals surface area contributed by atoms with Gasteiger partial charge in [0.05, 0.1) is 18.1 Å². The molecule has 0 saturated heterocycles. The summed E-state index contributed by atoms with van der Waals surface area (Å²) in [5.74, 6) is 2.01. The molecule has 6 nitrogen and oxygen atoms in total. The van der Waals surface area contributed by atoms with E-state index in [0.717, 1.165) is 41.7 Å². The number of hydrogen-bond donors (Lipinski definition) is 1. The monoisotopic (exact) mass is 416 g/mol. The van der Waals surface area contributed by atoms with Gasteiger partial charge in [0.15, 0.2) is 5.37 Å². The van der Waals surface area contributed by atoms with Crippen LogP contribution in [0, 0.1) is 6.92 Å². The van der Waals surface area contributed by atoms with Crippen LogP contribution in [0.1, 0.15) is 30.6 Å². The van der Waals surface area contributed by atoms with E-state index in [0.29, 0.717) is 0 Å². The van der Waals surface area contributed by atoms with Crippen LogP contribution in [0.15, 0.2) is 11.2 Å². The van der Waals surface area contributed by atoms with Crippen LogP contribution in [0.25, 0.3) is 11.4 Å². The van der Waals surface area contributed by atoms with Crippen LogP contribution in [0.5, 0.6) is 0 Å². The van der Waals surface area contributed by atoms with Crippen molar-refractivity contribution in [2.45, 2.75) is 39.2 Å². The van der Waals surface area contributed by atoms with Crippen molar-refractivity contribution in [3.8, 4) is 11.4 Å². The molecule has 8 heteroatoms. The molecule has 3 rings (SSSR count). The maximum atomic E-state index is 4.86. The number of aryl methyl sites for hydroxylation is 1. The molecular weight excluding hydrogens is 399 g/mol. The summed E-state index contributed by atoms with van der Waals surface area (Å²) in [6, 6.07) is 0. The van der Waals surface area contributed by atoms with Crippen LogP contribution >= 0.6 is 30.1 Å². The van der Waals surface area contributed by atoms with Crippen LogP contribution in [0.2, 0.25) is 0 Å². The number of rotatable bonds is 4. The van der Waals surface area contributed by atoms with E-state index in [2.05, 4.69) is 62.0 Å². The molecule has 1 aliphatic rings. The zero-order valence-corrected chi connectivity index (χ0v) is 15.1. The van der Waals surface area contributed by atoms with Gasteiger partial charge in [0, 0.05) is 18.8 Å². The molecular formula is C13H17IN6S. The lowest BCUT2D eigenvalue weighted by Crippen LogP contribution is -2.11. The van der Waals surface area contributed by atoms with Crippen molar-refractivity contribution in [3.05, 3.63) is 17.6 Å². The average molecular weight is 416 g/mol. The molecule has 0 saturated carbocycles. The van der Waals surface area contributed by atoms with Crippen LogP contribution in [-0.4, -0.2) is 25.7 Å². The number of anilines is 1. The van der Waals surface area contributed by atoms with Crippen molar-refractivity contribution in [2.75, 3.05) is 5.32 Å². The Morgan fingerprint density at radius 3 is 2.81 bits per heavy atom. The Balaban J connectivity index is 2.15. The van der Waals surface area contributed by atoms with Crippen molar-refractivity contribution in [2.24, 2.45) is 4.99 Å². The molecule has 2 aromatic heterocycles. The van der Waals surface area contributed by atoms with Gasteiger partial charge in [0.1, 0.15) is 17.3 Å². The maximum Gasteiger partial charge on any atom is 0.152 e. The summed E-state index contributed by atoms with van der Waals surface area (Å²) in [5, 5.41) is 7.73. The van der Waals surface area contributed by atoms with E-state index in [1.807, 2.05) is 10.9 Å². The van der Waals surface area contributed by atoms with E-state index >= 15 is 0 Å². The molecule has 0 aliphatic carbocycles. The van der Waals surface area contributed by atoms with E-state index in [4.69, 9.17) is 4.98 Å². The molecule has 0 amide bonds. The van der Waals surface area contributed by atoms with Crippen LogP contribution in [0.3, 0.4) is 0 Å². The smallest absolute Gasteiger partial charge is 0.152 e. The van der Waals surface area contributed by atoms with Crippen LogP contribution in [0.4, 0.5) is 5.82 Å². The van der Waals surface area contributed by atoms with Crippen molar-refractivity contribution in [3.63, 3.8) is 0 Å². The minimum Gasteiger partial charge on any atom is -0.331 e. The molecule has 2 aromatic rings. The van der Waals surface area contributed by atoms with E-state index in [1.54, 1.807) is 15.3 Å². The van der Waals surface area contributed by atoms with Gasteiger partial charge in [-0.2, -0.15) is 5.10 Å². The lowest BCUT2D eigenvalue weighted by atomic mass is 10.2. The van der Waals surface area contributed by atoms with Crippen molar-refractivity contribution >= 4 is 42.3 Å². The lowest BCUT2D eigenvalue weighted by molar-refractivity contribution is 0.640. The second-order valence-corrected chi connectivity index (χ2v) is 6.89. The summed E-state index contributed by atoms with van der Waals surface area (Å²) >= 11 is 2.28. The van der Waals surface area contributed by atoms with Gasteiger partial charge < -0.3 is 9.88 Å². The molecule has 0 unspecified atom stereocenters. The number of halogens is 1. The van der Waals surface area contributed by atoms with Gasteiger partial charge in [0.2, 0.25) is 0 Å². The summed E-state index contributed by atoms with van der Waals surface area (Å²) in [6.07, 6.45) is 3.67. The van der Waals surface area contributed by atoms with Gasteiger partial charge in [-0.15, -0.1) is 0 Å². The lowest BCUT2D eigenvalue weighted by Gasteiger charge is -2.15. The van der Waals surface area contributed by atoms with Crippen LogP contribution < -0.4 is 5.32 Å². The molecule has 3 heterocycles. The molecule has 112 valence electrons. The Bertz CT molecular complexity index is 689. The largest absolute Gasteiger partial charge is 0.331 e. The number of fused-ring (bicyclic) bond motifs is 1. The van der Waals surface area contributed by atoms with E-state index in [9.17, 15) is 0 Å². The second kappa shape index (κ2) is 5.99. The first-order valence-electron chi connectivity index (χ1n) is 6.90. The highest BCUT2D eigenvalue weighted by molar-refractivity contribution is 14.2. The molecule has 0 fully saturated rings.